The van der Waals surface area contributed by atoms with Crippen molar-refractivity contribution in [1.29, 1.82) is 0 Å². The topological polar surface area (TPSA) is 92.4 Å². The van der Waals surface area contributed by atoms with E-state index in [0.29, 0.717) is 0 Å². The molecule has 2 aromatic carbocycles. The number of nitrogens with one attached hydrogen (secondary N) is 1. The molecule has 23 heavy (non-hydrogen) atoms. The summed E-state index contributed by atoms with van der Waals surface area (Å²) >= 11 is 0.983. The van der Waals surface area contributed by atoms with Crippen molar-refractivity contribution < 1.29 is 13.5 Å². The van der Waals surface area contributed by atoms with Crippen molar-refractivity contribution in [3.05, 3.63) is 59.7 Å². The maximum absolute atomic E-state index is 12.6. The van der Waals surface area contributed by atoms with Crippen LogP contribution in [0.1, 0.15) is 17.2 Å². The molecule has 4 N–H and O–H groups in total. The first-order valence-corrected chi connectivity index (χ1v) is 10.3. The normalized spacial score (nSPS) is 14.4. The molecule has 0 saturated carbocycles. The zero-order valence-corrected chi connectivity index (χ0v) is 16.9. The van der Waals surface area contributed by atoms with Gasteiger partial charge in [0.2, 0.25) is 0 Å². The van der Waals surface area contributed by atoms with Gasteiger partial charge >= 0.3 is 152 Å². The van der Waals surface area contributed by atoms with E-state index in [1.54, 1.807) is 24.3 Å². The second kappa shape index (κ2) is 7.81. The molecular formula is C16H19InN2O3S. The molecule has 7 heteroatoms. The Bertz CT molecular complexity index is 746. The molecule has 0 aliphatic carbocycles. The summed E-state index contributed by atoms with van der Waals surface area (Å²) in [7, 11) is -3.72. The van der Waals surface area contributed by atoms with Gasteiger partial charge in [-0.1, -0.05) is 0 Å². The monoisotopic (exact) mass is 434 g/mol. The van der Waals surface area contributed by atoms with Gasteiger partial charge in [0.15, 0.2) is 0 Å². The minimum atomic E-state index is -3.72. The van der Waals surface area contributed by atoms with Gasteiger partial charge in [0, 0.05) is 0 Å². The SMILES string of the molecule is Cc1ccc(S(=O)(=O)N[C@H](c2cc[c]([In])cc2)[C@@H](N)CO)cc1. The Morgan fingerprint density at radius 1 is 1.13 bits per heavy atom. The van der Waals surface area contributed by atoms with E-state index in [0.717, 1.165) is 35.5 Å². The van der Waals surface area contributed by atoms with E-state index in [9.17, 15) is 13.5 Å². The summed E-state index contributed by atoms with van der Waals surface area (Å²) in [5.41, 5.74) is 7.65. The van der Waals surface area contributed by atoms with Crippen LogP contribution in [0, 0.1) is 6.92 Å². The van der Waals surface area contributed by atoms with Crippen molar-refractivity contribution in [3.8, 4) is 0 Å². The van der Waals surface area contributed by atoms with Gasteiger partial charge in [0.25, 0.3) is 0 Å². The summed E-state index contributed by atoms with van der Waals surface area (Å²) in [4.78, 5) is 0.178. The summed E-state index contributed by atoms with van der Waals surface area (Å²) in [5.74, 6) is 0. The van der Waals surface area contributed by atoms with Crippen LogP contribution < -0.4 is 13.8 Å². The predicted octanol–water partition coefficient (Wildman–Crippen LogP) is 0.128. The molecule has 0 amide bonds. The first kappa shape index (κ1) is 18.5. The molecule has 2 rings (SSSR count). The number of sulfonamides is 1. The van der Waals surface area contributed by atoms with Crippen molar-refractivity contribution in [2.24, 2.45) is 5.73 Å². The number of hydrogen-bond donors (Lipinski definition) is 3. The maximum atomic E-state index is 12.6. The summed E-state index contributed by atoms with van der Waals surface area (Å²) in [6.07, 6.45) is 0. The van der Waals surface area contributed by atoms with Gasteiger partial charge in [0.1, 0.15) is 0 Å². The predicted molar refractivity (Wildman–Crippen MR) is 91.1 cm³/mol. The quantitative estimate of drug-likeness (QED) is 0.603. The Balaban J connectivity index is 2.33. The number of aryl methyl sites for hydroxylation is 1. The fraction of sp³-hybridized carbons (Fsp3) is 0.250. The van der Waals surface area contributed by atoms with Crippen LogP contribution in [-0.4, -0.2) is 50.5 Å². The second-order valence-electron chi connectivity index (χ2n) is 5.43. The van der Waals surface area contributed by atoms with Crippen LogP contribution in [0.25, 0.3) is 0 Å². The van der Waals surface area contributed by atoms with Gasteiger partial charge in [-0.15, -0.1) is 0 Å². The Hall–Kier alpha value is -0.860. The Labute approximate surface area is 151 Å². The van der Waals surface area contributed by atoms with E-state index in [-0.39, 0.29) is 11.5 Å². The van der Waals surface area contributed by atoms with Crippen LogP contribution in [0.3, 0.4) is 0 Å². The fourth-order valence-electron chi connectivity index (χ4n) is 2.16. The zero-order valence-electron chi connectivity index (χ0n) is 12.8. The second-order valence-corrected chi connectivity index (χ2v) is 9.04. The standard InChI is InChI=1S/C16H19N2O3S.In/c1-12-7-9-14(10-8-12)22(20,21)18-16(15(17)11-19)13-5-3-2-4-6-13;/h3-10,15-16,18-19H,11,17H2,1H3;/t15-,16+;/m0./s1. The summed E-state index contributed by atoms with van der Waals surface area (Å²) in [5, 5.41) is 9.37. The fourth-order valence-corrected chi connectivity index (χ4v) is 3.99. The van der Waals surface area contributed by atoms with Crippen LogP contribution in [-0.2, 0) is 10.0 Å². The number of hydrogen-bond acceptors (Lipinski definition) is 4. The van der Waals surface area contributed by atoms with E-state index in [1.807, 2.05) is 31.2 Å². The van der Waals surface area contributed by atoms with Crippen molar-refractivity contribution in [2.75, 3.05) is 6.61 Å². The Kier molecular flexibility index (Phi) is 6.27. The average molecular weight is 434 g/mol. The molecule has 0 bridgehead atoms. The van der Waals surface area contributed by atoms with Gasteiger partial charge in [-0.25, -0.2) is 0 Å². The van der Waals surface area contributed by atoms with E-state index in [4.69, 9.17) is 5.73 Å². The molecule has 2 aromatic rings. The van der Waals surface area contributed by atoms with Crippen molar-refractivity contribution in [2.45, 2.75) is 23.9 Å². The average Bonchev–Trinajstić information content (AvgIpc) is 2.53. The molecule has 2 atom stereocenters. The molecule has 5 nitrogen and oxygen atoms in total. The van der Waals surface area contributed by atoms with E-state index in [2.05, 4.69) is 4.72 Å². The summed E-state index contributed by atoms with van der Waals surface area (Å²) in [6.45, 7) is 1.58. The molecule has 0 aliphatic rings. The summed E-state index contributed by atoms with van der Waals surface area (Å²) in [6, 6.07) is 12.7. The van der Waals surface area contributed by atoms with Gasteiger partial charge in [-0.2, -0.15) is 0 Å². The molecule has 2 radical (unpaired) electrons. The van der Waals surface area contributed by atoms with Crippen LogP contribution in [0.4, 0.5) is 0 Å². The third-order valence-electron chi connectivity index (χ3n) is 3.55. The van der Waals surface area contributed by atoms with Crippen LogP contribution in [0.15, 0.2) is 53.4 Å². The van der Waals surface area contributed by atoms with Crippen molar-refractivity contribution in [1.82, 2.24) is 4.72 Å². The molecule has 0 heterocycles. The Morgan fingerprint density at radius 3 is 2.22 bits per heavy atom. The first-order valence-electron chi connectivity index (χ1n) is 7.14. The third kappa shape index (κ3) is 4.81. The minimum absolute atomic E-state index is 0.178. The van der Waals surface area contributed by atoms with Gasteiger partial charge in [-0.05, 0) is 0 Å². The number of aliphatic hydroxyl groups excluding tert-OH is 1. The third-order valence-corrected chi connectivity index (χ3v) is 6.10. The first-order chi connectivity index (χ1) is 10.8. The van der Waals surface area contributed by atoms with E-state index in [1.165, 1.54) is 3.32 Å². The molecule has 0 aromatic heterocycles. The number of benzene rings is 2. The van der Waals surface area contributed by atoms with Crippen LogP contribution >= 0.6 is 0 Å². The molecule has 0 spiro atoms. The van der Waals surface area contributed by atoms with E-state index >= 15 is 0 Å². The summed E-state index contributed by atoms with van der Waals surface area (Å²) < 4.78 is 29.0. The van der Waals surface area contributed by atoms with E-state index < -0.39 is 22.1 Å². The number of aliphatic hydroxyl groups is 1. The molecule has 0 unspecified atom stereocenters. The zero-order chi connectivity index (χ0) is 17.0. The molecular weight excluding hydrogens is 415 g/mol. The molecule has 0 fully saturated rings. The van der Waals surface area contributed by atoms with Gasteiger partial charge < -0.3 is 0 Å². The molecule has 0 aliphatic heterocycles. The number of rotatable bonds is 6. The Morgan fingerprint density at radius 2 is 1.70 bits per heavy atom. The molecule has 120 valence electrons. The van der Waals surface area contributed by atoms with Crippen LogP contribution in [0.2, 0.25) is 0 Å². The van der Waals surface area contributed by atoms with Gasteiger partial charge in [-0.3, -0.25) is 0 Å². The van der Waals surface area contributed by atoms with Crippen molar-refractivity contribution in [3.63, 3.8) is 0 Å². The van der Waals surface area contributed by atoms with Gasteiger partial charge in [0.05, 0.1) is 0 Å². The van der Waals surface area contributed by atoms with Crippen LogP contribution in [0.5, 0.6) is 0 Å². The number of nitrogens with two attached hydrogens (primary N) is 1. The molecule has 0 saturated heterocycles. The van der Waals surface area contributed by atoms with Crippen molar-refractivity contribution >= 4 is 37.7 Å².